The van der Waals surface area contributed by atoms with Crippen molar-refractivity contribution in [1.82, 2.24) is 0 Å². The van der Waals surface area contributed by atoms with E-state index in [2.05, 4.69) is 0 Å². The molecule has 1 aliphatic heterocycles. The Morgan fingerprint density at radius 2 is 0.975 bits per heavy atom. The summed E-state index contributed by atoms with van der Waals surface area (Å²) < 4.78 is 31.3. The first kappa shape index (κ1) is 28.2. The van der Waals surface area contributed by atoms with Crippen molar-refractivity contribution in [1.29, 1.82) is 0 Å². The Bertz CT molecular complexity index is 1240. The number of hydrogen-bond donors (Lipinski definition) is 1. The van der Waals surface area contributed by atoms with E-state index in [9.17, 15) is 5.11 Å². The van der Waals surface area contributed by atoms with Gasteiger partial charge in [-0.2, -0.15) is 0 Å². The summed E-state index contributed by atoms with van der Waals surface area (Å²) in [5, 5.41) is 11.0. The van der Waals surface area contributed by atoms with Crippen LogP contribution < -0.4 is 0 Å². The van der Waals surface area contributed by atoms with Gasteiger partial charge < -0.3 is 28.8 Å². The molecule has 0 amide bonds. The summed E-state index contributed by atoms with van der Waals surface area (Å²) in [6.45, 7) is 1.74. The van der Waals surface area contributed by atoms with Gasteiger partial charge in [0.15, 0.2) is 6.29 Å². The van der Waals surface area contributed by atoms with Gasteiger partial charge in [0.2, 0.25) is 0 Å². The van der Waals surface area contributed by atoms with Crippen molar-refractivity contribution < 1.29 is 28.8 Å². The highest BCUT2D eigenvalue weighted by Crippen LogP contribution is 2.31. The van der Waals surface area contributed by atoms with E-state index in [-0.39, 0.29) is 6.61 Å². The topological polar surface area (TPSA) is 66.4 Å². The zero-order valence-corrected chi connectivity index (χ0v) is 22.5. The van der Waals surface area contributed by atoms with E-state index in [1.54, 1.807) is 0 Å². The summed E-state index contributed by atoms with van der Waals surface area (Å²) in [7, 11) is 0. The van der Waals surface area contributed by atoms with E-state index >= 15 is 0 Å². The van der Waals surface area contributed by atoms with Gasteiger partial charge in [-0.1, -0.05) is 121 Å². The van der Waals surface area contributed by atoms with Crippen LogP contribution in [0.25, 0.3) is 0 Å². The van der Waals surface area contributed by atoms with E-state index in [0.717, 1.165) is 22.3 Å². The Balaban J connectivity index is 1.33. The van der Waals surface area contributed by atoms with Gasteiger partial charge in [-0.25, -0.2) is 0 Å². The molecule has 1 heterocycles. The molecular weight excluding hydrogens is 504 g/mol. The number of rotatable bonds is 14. The maximum absolute atomic E-state index is 11.0. The summed E-state index contributed by atoms with van der Waals surface area (Å²) in [6.07, 6.45) is -3.58. The van der Waals surface area contributed by atoms with E-state index in [0.29, 0.717) is 26.4 Å². The van der Waals surface area contributed by atoms with Crippen LogP contribution in [0.15, 0.2) is 121 Å². The first-order valence-electron chi connectivity index (χ1n) is 13.7. The Morgan fingerprint density at radius 3 is 1.48 bits per heavy atom. The van der Waals surface area contributed by atoms with Gasteiger partial charge in [0.05, 0.1) is 33.0 Å². The van der Waals surface area contributed by atoms with Gasteiger partial charge in [0.25, 0.3) is 0 Å². The highest BCUT2D eigenvalue weighted by molar-refractivity contribution is 5.16. The lowest BCUT2D eigenvalue weighted by Gasteiger charge is -2.29. The molecule has 0 aromatic heterocycles. The zero-order valence-electron chi connectivity index (χ0n) is 22.5. The third-order valence-corrected chi connectivity index (χ3v) is 6.86. The maximum atomic E-state index is 11.0. The Kier molecular flexibility index (Phi) is 10.5. The normalized spacial score (nSPS) is 21.3. The molecule has 0 spiro atoms. The summed E-state index contributed by atoms with van der Waals surface area (Å²) in [5.41, 5.74) is 4.12. The number of hydrogen-bond acceptors (Lipinski definition) is 6. The number of aliphatic hydroxyl groups excluding tert-OH is 1. The molecule has 0 aliphatic carbocycles. The lowest BCUT2D eigenvalue weighted by Crippen LogP contribution is -2.45. The summed E-state index contributed by atoms with van der Waals surface area (Å²) >= 11 is 0. The Labute approximate surface area is 236 Å². The SMILES string of the molecule is OC1O[C@@H]([C@@H](COCc2ccccc2)OCc2ccccc2)[C@H](OCc2ccccc2)[C@H]1OCc1ccccc1. The fraction of sp³-hybridized carbons (Fsp3) is 0.294. The Morgan fingerprint density at radius 1 is 0.550 bits per heavy atom. The first-order chi connectivity index (χ1) is 19.8. The molecule has 208 valence electrons. The molecule has 4 aromatic carbocycles. The van der Waals surface area contributed by atoms with Crippen LogP contribution in [0.4, 0.5) is 0 Å². The molecule has 0 radical (unpaired) electrons. The molecule has 1 N–H and O–H groups in total. The van der Waals surface area contributed by atoms with Gasteiger partial charge in [-0.05, 0) is 22.3 Å². The van der Waals surface area contributed by atoms with Gasteiger partial charge in [-0.15, -0.1) is 0 Å². The average Bonchev–Trinajstić information content (AvgIpc) is 3.33. The summed E-state index contributed by atoms with van der Waals surface area (Å²) in [6, 6.07) is 39.8. The van der Waals surface area contributed by atoms with Crippen molar-refractivity contribution in [3.8, 4) is 0 Å². The largest absolute Gasteiger partial charge is 0.374 e. The molecular formula is C34H36O6. The molecule has 4 aromatic rings. The lowest BCUT2D eigenvalue weighted by atomic mass is 10.0. The average molecular weight is 541 g/mol. The summed E-state index contributed by atoms with van der Waals surface area (Å²) in [5.74, 6) is 0. The van der Waals surface area contributed by atoms with Crippen molar-refractivity contribution >= 4 is 0 Å². The molecule has 5 rings (SSSR count). The Hall–Kier alpha value is -3.36. The van der Waals surface area contributed by atoms with E-state index in [4.69, 9.17) is 23.7 Å². The highest BCUT2D eigenvalue weighted by Gasteiger charge is 2.49. The first-order valence-corrected chi connectivity index (χ1v) is 13.7. The number of benzene rings is 4. The third-order valence-electron chi connectivity index (χ3n) is 6.86. The minimum absolute atomic E-state index is 0.260. The monoisotopic (exact) mass is 540 g/mol. The van der Waals surface area contributed by atoms with Gasteiger partial charge in [0.1, 0.15) is 24.4 Å². The maximum Gasteiger partial charge on any atom is 0.184 e. The molecule has 1 aliphatic rings. The van der Waals surface area contributed by atoms with Crippen molar-refractivity contribution in [2.75, 3.05) is 6.61 Å². The standard InChI is InChI=1S/C34H36O6/c35-34-33(39-24-29-19-11-4-12-20-29)32(38-23-28-17-9-3-10-18-28)31(40-34)30(37-22-27-15-7-2-8-16-27)25-36-21-26-13-5-1-6-14-26/h1-20,30-35H,21-25H2/t30-,31+,32+,33-,34?/m1/s1. The predicted molar refractivity (Wildman–Crippen MR) is 152 cm³/mol. The van der Waals surface area contributed by atoms with Crippen LogP contribution in [-0.2, 0) is 50.1 Å². The van der Waals surface area contributed by atoms with E-state index < -0.39 is 30.7 Å². The number of aliphatic hydroxyl groups is 1. The minimum Gasteiger partial charge on any atom is -0.374 e. The molecule has 1 unspecified atom stereocenters. The second kappa shape index (κ2) is 14.9. The molecule has 40 heavy (non-hydrogen) atoms. The van der Waals surface area contributed by atoms with Crippen LogP contribution >= 0.6 is 0 Å². The molecule has 5 atom stereocenters. The van der Waals surface area contributed by atoms with Crippen LogP contribution in [0, 0.1) is 0 Å². The van der Waals surface area contributed by atoms with Crippen LogP contribution in [0.2, 0.25) is 0 Å². The molecule has 1 saturated heterocycles. The highest BCUT2D eigenvalue weighted by atomic mass is 16.7. The smallest absolute Gasteiger partial charge is 0.184 e. The predicted octanol–water partition coefficient (Wildman–Crippen LogP) is 5.68. The van der Waals surface area contributed by atoms with Gasteiger partial charge in [-0.3, -0.25) is 0 Å². The van der Waals surface area contributed by atoms with Gasteiger partial charge in [0, 0.05) is 0 Å². The minimum atomic E-state index is -1.17. The quantitative estimate of drug-likeness (QED) is 0.222. The second-order valence-corrected chi connectivity index (χ2v) is 9.85. The fourth-order valence-electron chi connectivity index (χ4n) is 4.75. The van der Waals surface area contributed by atoms with Crippen molar-refractivity contribution in [2.24, 2.45) is 0 Å². The summed E-state index contributed by atoms with van der Waals surface area (Å²) in [4.78, 5) is 0. The molecule has 0 saturated carbocycles. The van der Waals surface area contributed by atoms with E-state index in [1.165, 1.54) is 0 Å². The van der Waals surface area contributed by atoms with Gasteiger partial charge >= 0.3 is 0 Å². The lowest BCUT2D eigenvalue weighted by molar-refractivity contribution is -0.174. The molecule has 6 nitrogen and oxygen atoms in total. The van der Waals surface area contributed by atoms with Crippen molar-refractivity contribution in [2.45, 2.75) is 57.1 Å². The van der Waals surface area contributed by atoms with Crippen molar-refractivity contribution in [3.05, 3.63) is 144 Å². The molecule has 0 bridgehead atoms. The van der Waals surface area contributed by atoms with E-state index in [1.807, 2.05) is 121 Å². The zero-order chi connectivity index (χ0) is 27.4. The van der Waals surface area contributed by atoms with Crippen molar-refractivity contribution in [3.63, 3.8) is 0 Å². The third kappa shape index (κ3) is 8.08. The van der Waals surface area contributed by atoms with Crippen LogP contribution in [0.1, 0.15) is 22.3 Å². The van der Waals surface area contributed by atoms with Crippen LogP contribution in [0.3, 0.4) is 0 Å². The van der Waals surface area contributed by atoms with Crippen LogP contribution in [-0.4, -0.2) is 42.4 Å². The fourth-order valence-corrected chi connectivity index (χ4v) is 4.75. The second-order valence-electron chi connectivity index (χ2n) is 9.85. The van der Waals surface area contributed by atoms with Crippen LogP contribution in [0.5, 0.6) is 0 Å². The number of ether oxygens (including phenoxy) is 5. The molecule has 6 heteroatoms. The molecule has 1 fully saturated rings.